The smallest absolute Gasteiger partial charge is 0.0958 e. The molecule has 0 spiro atoms. The van der Waals surface area contributed by atoms with Crippen LogP contribution in [0.4, 0.5) is 0 Å². The minimum atomic E-state index is 0.592. The van der Waals surface area contributed by atoms with E-state index >= 15 is 0 Å². The average Bonchev–Trinajstić information content (AvgIpc) is 2.73. The van der Waals surface area contributed by atoms with Crippen molar-refractivity contribution in [3.63, 3.8) is 0 Å². The minimum Gasteiger partial charge on any atom is -0.361 e. The van der Waals surface area contributed by atoms with E-state index in [1.54, 1.807) is 0 Å². The van der Waals surface area contributed by atoms with Gasteiger partial charge in [0.25, 0.3) is 0 Å². The first-order chi connectivity index (χ1) is 7.77. The molecule has 86 valence electrons. The molecule has 1 aliphatic heterocycles. The summed E-state index contributed by atoms with van der Waals surface area (Å²) in [4.78, 5) is 2.22. The molecule has 2 rings (SSSR count). The van der Waals surface area contributed by atoms with Crippen LogP contribution in [-0.4, -0.2) is 23.8 Å². The molecule has 1 aromatic rings. The third-order valence-electron chi connectivity index (χ3n) is 3.42. The molecule has 1 unspecified atom stereocenters. The number of rotatable bonds is 4. The summed E-state index contributed by atoms with van der Waals surface area (Å²) in [7, 11) is 0. The van der Waals surface area contributed by atoms with Crippen molar-refractivity contribution in [3.8, 4) is 0 Å². The molecule has 0 amide bonds. The molecule has 2 heteroatoms. The SMILES string of the molecule is CC(CCN1CCCC1=N)c1ccccc1. The van der Waals surface area contributed by atoms with Crippen LogP contribution in [0, 0.1) is 5.41 Å². The molecule has 0 aromatic heterocycles. The van der Waals surface area contributed by atoms with Crippen molar-refractivity contribution in [2.75, 3.05) is 13.1 Å². The lowest BCUT2D eigenvalue weighted by Gasteiger charge is -2.20. The van der Waals surface area contributed by atoms with Gasteiger partial charge in [-0.15, -0.1) is 0 Å². The molecule has 2 nitrogen and oxygen atoms in total. The van der Waals surface area contributed by atoms with Crippen molar-refractivity contribution in [2.24, 2.45) is 0 Å². The number of nitrogens with zero attached hydrogens (tertiary/aromatic N) is 1. The van der Waals surface area contributed by atoms with E-state index in [1.807, 2.05) is 0 Å². The van der Waals surface area contributed by atoms with Gasteiger partial charge < -0.3 is 4.90 Å². The van der Waals surface area contributed by atoms with Crippen LogP contribution in [0.5, 0.6) is 0 Å². The maximum atomic E-state index is 7.78. The van der Waals surface area contributed by atoms with Crippen molar-refractivity contribution in [3.05, 3.63) is 35.9 Å². The Morgan fingerprint density at radius 2 is 2.06 bits per heavy atom. The Morgan fingerprint density at radius 3 is 2.69 bits per heavy atom. The third-order valence-corrected chi connectivity index (χ3v) is 3.42. The Balaban J connectivity index is 1.84. The zero-order chi connectivity index (χ0) is 11.4. The van der Waals surface area contributed by atoms with Gasteiger partial charge in [0, 0.05) is 19.5 Å². The lowest BCUT2D eigenvalue weighted by Crippen LogP contribution is -2.26. The first-order valence-corrected chi connectivity index (χ1v) is 6.14. The molecular weight excluding hydrogens is 196 g/mol. The van der Waals surface area contributed by atoms with Crippen molar-refractivity contribution in [1.29, 1.82) is 5.41 Å². The van der Waals surface area contributed by atoms with Gasteiger partial charge in [0.05, 0.1) is 5.84 Å². The summed E-state index contributed by atoms with van der Waals surface area (Å²) >= 11 is 0. The van der Waals surface area contributed by atoms with Gasteiger partial charge in [0.1, 0.15) is 0 Å². The molecule has 0 saturated carbocycles. The number of likely N-dealkylation sites (tertiary alicyclic amines) is 1. The van der Waals surface area contributed by atoms with Crippen LogP contribution >= 0.6 is 0 Å². The first-order valence-electron chi connectivity index (χ1n) is 6.14. The van der Waals surface area contributed by atoms with Gasteiger partial charge in [-0.2, -0.15) is 0 Å². The number of hydrogen-bond donors (Lipinski definition) is 1. The van der Waals surface area contributed by atoms with E-state index in [2.05, 4.69) is 42.2 Å². The summed E-state index contributed by atoms with van der Waals surface area (Å²) in [5.74, 6) is 1.43. The molecule has 1 aliphatic rings. The van der Waals surface area contributed by atoms with E-state index in [0.29, 0.717) is 5.92 Å². The quantitative estimate of drug-likeness (QED) is 0.821. The monoisotopic (exact) mass is 216 g/mol. The largest absolute Gasteiger partial charge is 0.361 e. The van der Waals surface area contributed by atoms with Gasteiger partial charge in [-0.05, 0) is 24.3 Å². The van der Waals surface area contributed by atoms with Crippen molar-refractivity contribution < 1.29 is 0 Å². The average molecular weight is 216 g/mol. The molecule has 1 N–H and O–H groups in total. The summed E-state index contributed by atoms with van der Waals surface area (Å²) in [5.41, 5.74) is 1.41. The van der Waals surface area contributed by atoms with Crippen LogP contribution < -0.4 is 0 Å². The maximum Gasteiger partial charge on any atom is 0.0958 e. The normalized spacial score (nSPS) is 17.8. The lowest BCUT2D eigenvalue weighted by atomic mass is 9.98. The molecule has 0 radical (unpaired) electrons. The molecule has 1 aromatic carbocycles. The highest BCUT2D eigenvalue weighted by Crippen LogP contribution is 2.20. The van der Waals surface area contributed by atoms with Gasteiger partial charge in [0.2, 0.25) is 0 Å². The fourth-order valence-electron chi connectivity index (χ4n) is 2.27. The zero-order valence-electron chi connectivity index (χ0n) is 9.95. The molecule has 0 bridgehead atoms. The topological polar surface area (TPSA) is 27.1 Å². The summed E-state index contributed by atoms with van der Waals surface area (Å²) < 4.78 is 0. The number of nitrogens with one attached hydrogen (secondary N) is 1. The Bertz CT molecular complexity index is 345. The van der Waals surface area contributed by atoms with Crippen molar-refractivity contribution >= 4 is 5.84 Å². The fourth-order valence-corrected chi connectivity index (χ4v) is 2.27. The van der Waals surface area contributed by atoms with E-state index < -0.39 is 0 Å². The summed E-state index contributed by atoms with van der Waals surface area (Å²) in [5, 5.41) is 7.78. The minimum absolute atomic E-state index is 0.592. The van der Waals surface area contributed by atoms with E-state index in [-0.39, 0.29) is 0 Å². The predicted octanol–water partition coefficient (Wildman–Crippen LogP) is 3.25. The van der Waals surface area contributed by atoms with E-state index in [0.717, 1.165) is 31.8 Å². The van der Waals surface area contributed by atoms with E-state index in [4.69, 9.17) is 5.41 Å². The summed E-state index contributed by atoms with van der Waals surface area (Å²) in [6, 6.07) is 10.7. The Morgan fingerprint density at radius 1 is 1.31 bits per heavy atom. The van der Waals surface area contributed by atoms with Crippen LogP contribution in [0.3, 0.4) is 0 Å². The van der Waals surface area contributed by atoms with Crippen LogP contribution in [0.25, 0.3) is 0 Å². The first kappa shape index (κ1) is 11.2. The van der Waals surface area contributed by atoms with Crippen LogP contribution in [0.15, 0.2) is 30.3 Å². The number of amidine groups is 1. The summed E-state index contributed by atoms with van der Waals surface area (Å²) in [6.07, 6.45) is 3.28. The Kier molecular flexibility index (Phi) is 3.60. The molecule has 0 aliphatic carbocycles. The van der Waals surface area contributed by atoms with Gasteiger partial charge in [0.15, 0.2) is 0 Å². The second-order valence-corrected chi connectivity index (χ2v) is 4.64. The van der Waals surface area contributed by atoms with Crippen LogP contribution in [0.2, 0.25) is 0 Å². The number of hydrogen-bond acceptors (Lipinski definition) is 1. The maximum absolute atomic E-state index is 7.78. The Labute approximate surface area is 97.8 Å². The highest BCUT2D eigenvalue weighted by molar-refractivity contribution is 5.80. The van der Waals surface area contributed by atoms with E-state index in [1.165, 1.54) is 12.0 Å². The predicted molar refractivity (Wildman–Crippen MR) is 68.0 cm³/mol. The van der Waals surface area contributed by atoms with Gasteiger partial charge in [-0.3, -0.25) is 5.41 Å². The van der Waals surface area contributed by atoms with E-state index in [9.17, 15) is 0 Å². The second kappa shape index (κ2) is 5.15. The molecule has 1 saturated heterocycles. The number of benzene rings is 1. The second-order valence-electron chi connectivity index (χ2n) is 4.64. The van der Waals surface area contributed by atoms with Gasteiger partial charge in [-0.1, -0.05) is 37.3 Å². The van der Waals surface area contributed by atoms with Gasteiger partial charge in [-0.25, -0.2) is 0 Å². The lowest BCUT2D eigenvalue weighted by molar-refractivity contribution is 0.423. The highest BCUT2D eigenvalue weighted by Gasteiger charge is 2.17. The third kappa shape index (κ3) is 2.63. The Hall–Kier alpha value is -1.31. The molecule has 1 fully saturated rings. The van der Waals surface area contributed by atoms with Crippen molar-refractivity contribution in [1.82, 2.24) is 4.90 Å². The molecule has 1 atom stereocenters. The molecular formula is C14H20N2. The van der Waals surface area contributed by atoms with Crippen LogP contribution in [-0.2, 0) is 0 Å². The van der Waals surface area contributed by atoms with Crippen LogP contribution in [0.1, 0.15) is 37.7 Å². The summed E-state index contributed by atoms with van der Waals surface area (Å²) in [6.45, 7) is 4.39. The standard InChI is InChI=1S/C14H20N2/c1-12(13-6-3-2-4-7-13)9-11-16-10-5-8-14(16)15/h2-4,6-7,12,15H,5,8-11H2,1H3. The van der Waals surface area contributed by atoms with Crippen molar-refractivity contribution in [2.45, 2.75) is 32.1 Å². The zero-order valence-corrected chi connectivity index (χ0v) is 9.95. The molecule has 16 heavy (non-hydrogen) atoms. The highest BCUT2D eigenvalue weighted by atomic mass is 15.2. The van der Waals surface area contributed by atoms with Gasteiger partial charge >= 0.3 is 0 Å². The molecule has 1 heterocycles. The fraction of sp³-hybridized carbons (Fsp3) is 0.500.